The Morgan fingerprint density at radius 1 is 1.36 bits per heavy atom. The molecular formula is C20H27FN2O4S. The molecule has 2 N–H and O–H groups in total. The van der Waals surface area contributed by atoms with E-state index in [2.05, 4.69) is 4.99 Å². The van der Waals surface area contributed by atoms with Gasteiger partial charge < -0.3 is 15.2 Å². The third-order valence-corrected chi connectivity index (χ3v) is 9.24. The van der Waals surface area contributed by atoms with Crippen molar-refractivity contribution in [2.75, 3.05) is 13.2 Å². The van der Waals surface area contributed by atoms with Gasteiger partial charge in [0.1, 0.15) is 27.7 Å². The second-order valence-electron chi connectivity index (χ2n) is 8.72. The van der Waals surface area contributed by atoms with Gasteiger partial charge in [-0.15, -0.1) is 0 Å². The van der Waals surface area contributed by atoms with Gasteiger partial charge in [0.2, 0.25) is 0 Å². The SMILES string of the molecule is C[C@H]1C[C@@H]2[C@](c3cc(OCC4CC4)ccc3F)(CO1)N=C(N)C(C)(C)S2(=O)=O. The fourth-order valence-corrected chi connectivity index (χ4v) is 6.34. The lowest BCUT2D eigenvalue weighted by molar-refractivity contribution is -0.0181. The van der Waals surface area contributed by atoms with Gasteiger partial charge in [0.05, 0.1) is 24.6 Å². The Kier molecular flexibility index (Phi) is 4.50. The highest BCUT2D eigenvalue weighted by Crippen LogP contribution is 2.48. The van der Waals surface area contributed by atoms with Gasteiger partial charge in [-0.05, 0) is 64.2 Å². The van der Waals surface area contributed by atoms with Crippen LogP contribution in [0.3, 0.4) is 0 Å². The molecule has 0 amide bonds. The molecule has 8 heteroatoms. The first-order chi connectivity index (χ1) is 13.1. The van der Waals surface area contributed by atoms with E-state index in [1.54, 1.807) is 26.0 Å². The molecule has 28 heavy (non-hydrogen) atoms. The first-order valence-electron chi connectivity index (χ1n) is 9.71. The molecule has 2 fully saturated rings. The molecule has 1 aromatic rings. The Bertz CT molecular complexity index is 926. The first-order valence-corrected chi connectivity index (χ1v) is 11.3. The van der Waals surface area contributed by atoms with Crippen molar-refractivity contribution in [2.24, 2.45) is 16.6 Å². The summed E-state index contributed by atoms with van der Waals surface area (Å²) in [7, 11) is -3.74. The molecule has 3 aliphatic rings. The fourth-order valence-electron chi connectivity index (χ4n) is 4.00. The van der Waals surface area contributed by atoms with Crippen molar-refractivity contribution in [3.63, 3.8) is 0 Å². The number of amidine groups is 1. The van der Waals surface area contributed by atoms with Gasteiger partial charge in [0.25, 0.3) is 0 Å². The molecule has 0 spiro atoms. The van der Waals surface area contributed by atoms with Crippen LogP contribution in [0.2, 0.25) is 0 Å². The maximum atomic E-state index is 15.0. The molecule has 1 aliphatic carbocycles. The Balaban J connectivity index is 1.85. The molecule has 3 atom stereocenters. The lowest BCUT2D eigenvalue weighted by Crippen LogP contribution is -2.64. The average molecular weight is 411 g/mol. The van der Waals surface area contributed by atoms with Gasteiger partial charge in [-0.2, -0.15) is 0 Å². The highest BCUT2D eigenvalue weighted by molar-refractivity contribution is 7.94. The molecule has 1 saturated carbocycles. The number of halogens is 1. The number of hydrogen-bond acceptors (Lipinski definition) is 6. The third-order valence-electron chi connectivity index (χ3n) is 6.28. The summed E-state index contributed by atoms with van der Waals surface area (Å²) < 4.78 is 52.2. The summed E-state index contributed by atoms with van der Waals surface area (Å²) in [5.41, 5.74) is 4.87. The van der Waals surface area contributed by atoms with Crippen molar-refractivity contribution in [3.8, 4) is 5.75 Å². The van der Waals surface area contributed by atoms with Gasteiger partial charge in [-0.1, -0.05) is 0 Å². The predicted octanol–water partition coefficient (Wildman–Crippen LogP) is 2.55. The summed E-state index contributed by atoms with van der Waals surface area (Å²) in [4.78, 5) is 4.59. The van der Waals surface area contributed by atoms with E-state index in [4.69, 9.17) is 15.2 Å². The third kappa shape index (κ3) is 2.92. The zero-order valence-corrected chi connectivity index (χ0v) is 17.3. The number of sulfone groups is 1. The number of rotatable bonds is 4. The monoisotopic (exact) mass is 410 g/mol. The average Bonchev–Trinajstić information content (AvgIpc) is 3.45. The molecule has 0 aromatic heterocycles. The second kappa shape index (κ2) is 6.42. The van der Waals surface area contributed by atoms with E-state index in [9.17, 15) is 12.8 Å². The van der Waals surface area contributed by atoms with E-state index in [-0.39, 0.29) is 30.5 Å². The van der Waals surface area contributed by atoms with Crippen LogP contribution in [0.25, 0.3) is 0 Å². The van der Waals surface area contributed by atoms with Gasteiger partial charge in [-0.25, -0.2) is 12.8 Å². The lowest BCUT2D eigenvalue weighted by atomic mass is 9.82. The van der Waals surface area contributed by atoms with Gasteiger partial charge in [-0.3, -0.25) is 4.99 Å². The second-order valence-corrected chi connectivity index (χ2v) is 11.4. The normalized spacial score (nSPS) is 33.6. The summed E-state index contributed by atoms with van der Waals surface area (Å²) in [6.45, 7) is 5.46. The van der Waals surface area contributed by atoms with E-state index in [1.807, 2.05) is 6.92 Å². The minimum atomic E-state index is -3.74. The number of aliphatic imine (C=N–C) groups is 1. The highest BCUT2D eigenvalue weighted by atomic mass is 32.2. The Hall–Kier alpha value is -1.67. The van der Waals surface area contributed by atoms with Crippen LogP contribution in [0.5, 0.6) is 5.75 Å². The lowest BCUT2D eigenvalue weighted by Gasteiger charge is -2.49. The van der Waals surface area contributed by atoms with Crippen LogP contribution < -0.4 is 10.5 Å². The molecule has 0 bridgehead atoms. The zero-order chi connectivity index (χ0) is 20.3. The predicted molar refractivity (Wildman–Crippen MR) is 105 cm³/mol. The van der Waals surface area contributed by atoms with E-state index in [0.29, 0.717) is 18.3 Å². The van der Waals surface area contributed by atoms with Crippen molar-refractivity contribution in [2.45, 2.75) is 61.7 Å². The fraction of sp³-hybridized carbons (Fsp3) is 0.650. The van der Waals surface area contributed by atoms with Crippen molar-refractivity contribution >= 4 is 15.7 Å². The van der Waals surface area contributed by atoms with Gasteiger partial charge in [0, 0.05) is 5.56 Å². The van der Waals surface area contributed by atoms with E-state index in [0.717, 1.165) is 12.8 Å². The van der Waals surface area contributed by atoms with Crippen LogP contribution in [0, 0.1) is 11.7 Å². The minimum Gasteiger partial charge on any atom is -0.493 e. The number of fused-ring (bicyclic) bond motifs is 1. The molecule has 0 radical (unpaired) electrons. The molecule has 1 aromatic carbocycles. The van der Waals surface area contributed by atoms with E-state index < -0.39 is 31.2 Å². The quantitative estimate of drug-likeness (QED) is 0.824. The number of hydrogen-bond donors (Lipinski definition) is 1. The summed E-state index contributed by atoms with van der Waals surface area (Å²) in [5.74, 6) is 0.493. The van der Waals surface area contributed by atoms with Gasteiger partial charge >= 0.3 is 0 Å². The van der Waals surface area contributed by atoms with Crippen LogP contribution in [0.4, 0.5) is 4.39 Å². The largest absolute Gasteiger partial charge is 0.493 e. The summed E-state index contributed by atoms with van der Waals surface area (Å²) in [6.07, 6.45) is 2.24. The first kappa shape index (κ1) is 19.6. The van der Waals surface area contributed by atoms with Gasteiger partial charge in [0.15, 0.2) is 9.84 Å². The summed E-state index contributed by atoms with van der Waals surface area (Å²) in [5, 5.41) is -0.917. The van der Waals surface area contributed by atoms with Crippen LogP contribution >= 0.6 is 0 Å². The minimum absolute atomic E-state index is 0.0226. The van der Waals surface area contributed by atoms with Crippen LogP contribution in [0.15, 0.2) is 23.2 Å². The van der Waals surface area contributed by atoms with Crippen molar-refractivity contribution in [1.82, 2.24) is 0 Å². The maximum Gasteiger partial charge on any atom is 0.168 e. The summed E-state index contributed by atoms with van der Waals surface area (Å²) >= 11 is 0. The standard InChI is InChI=1S/C20H27FN2O4S/c1-12-8-17-20(11-27-12,23-18(22)19(2,3)28(17,24)25)15-9-14(6-7-16(15)21)26-10-13-4-5-13/h6-7,9,12-13,17H,4-5,8,10-11H2,1-3H3,(H2,22,23)/t12-,17+,20+/m0/s1. The molecular weight excluding hydrogens is 383 g/mol. The molecule has 4 rings (SSSR count). The molecule has 6 nitrogen and oxygen atoms in total. The molecule has 0 unspecified atom stereocenters. The van der Waals surface area contributed by atoms with Crippen molar-refractivity contribution in [1.29, 1.82) is 0 Å². The Morgan fingerprint density at radius 3 is 2.75 bits per heavy atom. The molecule has 2 aliphatic heterocycles. The van der Waals surface area contributed by atoms with Crippen molar-refractivity contribution in [3.05, 3.63) is 29.6 Å². The van der Waals surface area contributed by atoms with Crippen molar-refractivity contribution < 1.29 is 22.3 Å². The van der Waals surface area contributed by atoms with Crippen LogP contribution in [-0.2, 0) is 20.1 Å². The topological polar surface area (TPSA) is 91.0 Å². The molecule has 2 heterocycles. The maximum absolute atomic E-state index is 15.0. The van der Waals surface area contributed by atoms with Crippen LogP contribution in [0.1, 0.15) is 45.6 Å². The molecule has 154 valence electrons. The van der Waals surface area contributed by atoms with E-state index >= 15 is 0 Å². The number of nitrogens with zero attached hydrogens (tertiary/aromatic N) is 1. The smallest absolute Gasteiger partial charge is 0.168 e. The zero-order valence-electron chi connectivity index (χ0n) is 16.4. The Morgan fingerprint density at radius 2 is 2.07 bits per heavy atom. The molecule has 1 saturated heterocycles. The number of nitrogens with two attached hydrogens (primary N) is 1. The summed E-state index contributed by atoms with van der Waals surface area (Å²) in [6, 6.07) is 4.43. The number of benzene rings is 1. The van der Waals surface area contributed by atoms with Crippen LogP contribution in [-0.4, -0.2) is 43.6 Å². The highest BCUT2D eigenvalue weighted by Gasteiger charge is 2.61. The van der Waals surface area contributed by atoms with E-state index in [1.165, 1.54) is 6.07 Å². The number of ether oxygens (including phenoxy) is 2. The Labute approximate surface area is 165 Å².